The van der Waals surface area contributed by atoms with E-state index < -0.39 is 11.7 Å². The molecular formula is C13H7ClF3NO. The van der Waals surface area contributed by atoms with Gasteiger partial charge in [0.25, 0.3) is 0 Å². The summed E-state index contributed by atoms with van der Waals surface area (Å²) in [5, 5.41) is 0.281. The quantitative estimate of drug-likeness (QED) is 0.773. The van der Waals surface area contributed by atoms with Crippen LogP contribution in [0.15, 0.2) is 36.7 Å². The topological polar surface area (TPSA) is 30.0 Å². The van der Waals surface area contributed by atoms with E-state index in [9.17, 15) is 18.0 Å². The number of hydrogen-bond donors (Lipinski definition) is 0. The smallest absolute Gasteiger partial charge is 0.298 e. The summed E-state index contributed by atoms with van der Waals surface area (Å²) in [5.41, 5.74) is -0.743. The molecule has 0 N–H and O–H groups in total. The first-order valence-electron chi connectivity index (χ1n) is 5.20. The molecule has 2 rings (SSSR count). The lowest BCUT2D eigenvalue weighted by Crippen LogP contribution is -2.08. The zero-order valence-corrected chi connectivity index (χ0v) is 10.2. The van der Waals surface area contributed by atoms with Crippen molar-refractivity contribution in [1.82, 2.24) is 4.98 Å². The van der Waals surface area contributed by atoms with Crippen molar-refractivity contribution in [3.8, 4) is 11.1 Å². The van der Waals surface area contributed by atoms with Crippen molar-refractivity contribution in [3.05, 3.63) is 52.8 Å². The van der Waals surface area contributed by atoms with E-state index in [1.165, 1.54) is 18.2 Å². The maximum Gasteiger partial charge on any atom is 0.417 e. The van der Waals surface area contributed by atoms with Gasteiger partial charge in [-0.05, 0) is 23.8 Å². The van der Waals surface area contributed by atoms with Crippen LogP contribution in [-0.2, 0) is 6.18 Å². The van der Waals surface area contributed by atoms with Crippen molar-refractivity contribution in [3.63, 3.8) is 0 Å². The molecule has 0 spiro atoms. The molecule has 2 nitrogen and oxygen atoms in total. The van der Waals surface area contributed by atoms with Gasteiger partial charge in [-0.3, -0.25) is 9.78 Å². The van der Waals surface area contributed by atoms with Crippen LogP contribution in [0, 0.1) is 0 Å². The summed E-state index contributed by atoms with van der Waals surface area (Å²) in [6.45, 7) is 0. The molecule has 1 aromatic carbocycles. The second-order valence-corrected chi connectivity index (χ2v) is 4.20. The van der Waals surface area contributed by atoms with Gasteiger partial charge in [-0.2, -0.15) is 13.2 Å². The number of aldehydes is 1. The number of halogens is 4. The Morgan fingerprint density at radius 2 is 1.89 bits per heavy atom. The summed E-state index contributed by atoms with van der Waals surface area (Å²) in [6, 6.07) is 4.99. The lowest BCUT2D eigenvalue weighted by Gasteiger charge is -2.13. The molecule has 0 aliphatic rings. The standard InChI is InChI=1S/C13H7ClF3NO/c14-9-1-2-10(8(5-9)7-19)11-6-18-4-3-12(11)13(15,16)17/h1-7H. The molecule has 1 heterocycles. The van der Waals surface area contributed by atoms with Crippen molar-refractivity contribution in [1.29, 1.82) is 0 Å². The van der Waals surface area contributed by atoms with Crippen LogP contribution in [0.2, 0.25) is 5.02 Å². The molecular weight excluding hydrogens is 279 g/mol. The fourth-order valence-corrected chi connectivity index (χ4v) is 1.91. The number of pyridine rings is 1. The molecule has 6 heteroatoms. The van der Waals surface area contributed by atoms with Gasteiger partial charge in [0, 0.05) is 28.5 Å². The summed E-state index contributed by atoms with van der Waals surface area (Å²) >= 11 is 5.72. The number of carbonyl (C=O) groups is 1. The fraction of sp³-hybridized carbons (Fsp3) is 0.0769. The minimum Gasteiger partial charge on any atom is -0.298 e. The van der Waals surface area contributed by atoms with Gasteiger partial charge >= 0.3 is 6.18 Å². The first-order valence-corrected chi connectivity index (χ1v) is 5.57. The highest BCUT2D eigenvalue weighted by molar-refractivity contribution is 6.31. The molecule has 0 aliphatic heterocycles. The number of alkyl halides is 3. The van der Waals surface area contributed by atoms with Crippen LogP contribution in [0.25, 0.3) is 11.1 Å². The summed E-state index contributed by atoms with van der Waals surface area (Å²) in [4.78, 5) is 14.6. The Morgan fingerprint density at radius 1 is 1.16 bits per heavy atom. The molecule has 0 atom stereocenters. The normalized spacial score (nSPS) is 11.4. The second-order valence-electron chi connectivity index (χ2n) is 3.77. The monoisotopic (exact) mass is 285 g/mol. The van der Waals surface area contributed by atoms with Gasteiger partial charge in [0.2, 0.25) is 0 Å². The number of aromatic nitrogens is 1. The van der Waals surface area contributed by atoms with E-state index in [0.717, 1.165) is 18.5 Å². The van der Waals surface area contributed by atoms with Gasteiger partial charge < -0.3 is 0 Å². The first-order chi connectivity index (χ1) is 8.93. The number of hydrogen-bond acceptors (Lipinski definition) is 2. The van der Waals surface area contributed by atoms with E-state index >= 15 is 0 Å². The van der Waals surface area contributed by atoms with Gasteiger partial charge in [-0.25, -0.2) is 0 Å². The predicted molar refractivity (Wildman–Crippen MR) is 65.1 cm³/mol. The van der Waals surface area contributed by atoms with E-state index in [4.69, 9.17) is 11.6 Å². The Hall–Kier alpha value is -1.88. The second kappa shape index (κ2) is 5.01. The summed E-state index contributed by atoms with van der Waals surface area (Å²) < 4.78 is 38.7. The maximum atomic E-state index is 12.9. The van der Waals surface area contributed by atoms with Gasteiger partial charge in [-0.15, -0.1) is 0 Å². The zero-order chi connectivity index (χ0) is 14.0. The van der Waals surface area contributed by atoms with Crippen LogP contribution in [0.4, 0.5) is 13.2 Å². The van der Waals surface area contributed by atoms with Crippen molar-refractivity contribution >= 4 is 17.9 Å². The third-order valence-corrected chi connectivity index (χ3v) is 2.79. The van der Waals surface area contributed by atoms with Gasteiger partial charge in [0.15, 0.2) is 6.29 Å². The third kappa shape index (κ3) is 2.76. The molecule has 0 saturated carbocycles. The largest absolute Gasteiger partial charge is 0.417 e. The molecule has 0 unspecified atom stereocenters. The van der Waals surface area contributed by atoms with E-state index in [1.807, 2.05) is 0 Å². The Bertz CT molecular complexity index is 626. The maximum absolute atomic E-state index is 12.9. The summed E-state index contributed by atoms with van der Waals surface area (Å²) in [6.07, 6.45) is -1.91. The van der Waals surface area contributed by atoms with Gasteiger partial charge in [-0.1, -0.05) is 17.7 Å². The molecule has 0 saturated heterocycles. The molecule has 0 bridgehead atoms. The number of rotatable bonds is 2. The van der Waals surface area contributed by atoms with Crippen LogP contribution in [0.3, 0.4) is 0 Å². The lowest BCUT2D eigenvalue weighted by molar-refractivity contribution is -0.137. The molecule has 19 heavy (non-hydrogen) atoms. The van der Waals surface area contributed by atoms with Crippen molar-refractivity contribution in [2.24, 2.45) is 0 Å². The molecule has 98 valence electrons. The Kier molecular flexibility index (Phi) is 3.57. The van der Waals surface area contributed by atoms with E-state index in [1.54, 1.807) is 0 Å². The Morgan fingerprint density at radius 3 is 2.53 bits per heavy atom. The molecule has 2 aromatic rings. The average Bonchev–Trinajstić information content (AvgIpc) is 2.37. The summed E-state index contributed by atoms with van der Waals surface area (Å²) in [5.74, 6) is 0. The van der Waals surface area contributed by atoms with Crippen LogP contribution in [0.5, 0.6) is 0 Å². The van der Waals surface area contributed by atoms with Crippen LogP contribution < -0.4 is 0 Å². The third-order valence-electron chi connectivity index (χ3n) is 2.56. The van der Waals surface area contributed by atoms with Gasteiger partial charge in [0.05, 0.1) is 5.56 Å². The van der Waals surface area contributed by atoms with E-state index in [2.05, 4.69) is 4.98 Å². The van der Waals surface area contributed by atoms with Crippen molar-refractivity contribution in [2.75, 3.05) is 0 Å². The molecule has 0 amide bonds. The highest BCUT2D eigenvalue weighted by Crippen LogP contribution is 2.37. The minimum atomic E-state index is -4.52. The highest BCUT2D eigenvalue weighted by atomic mass is 35.5. The van der Waals surface area contributed by atoms with Crippen LogP contribution in [-0.4, -0.2) is 11.3 Å². The molecule has 0 fully saturated rings. The van der Waals surface area contributed by atoms with Crippen molar-refractivity contribution in [2.45, 2.75) is 6.18 Å². The first kappa shape index (κ1) is 13.5. The number of benzene rings is 1. The summed E-state index contributed by atoms with van der Waals surface area (Å²) in [7, 11) is 0. The van der Waals surface area contributed by atoms with E-state index in [-0.39, 0.29) is 21.7 Å². The van der Waals surface area contributed by atoms with Gasteiger partial charge in [0.1, 0.15) is 0 Å². The average molecular weight is 286 g/mol. The molecule has 1 aromatic heterocycles. The Labute approximate surface area is 111 Å². The Balaban J connectivity index is 2.69. The lowest BCUT2D eigenvalue weighted by atomic mass is 9.97. The molecule has 0 aliphatic carbocycles. The van der Waals surface area contributed by atoms with E-state index in [0.29, 0.717) is 6.29 Å². The minimum absolute atomic E-state index is 0.0889. The zero-order valence-electron chi connectivity index (χ0n) is 9.41. The number of carbonyl (C=O) groups excluding carboxylic acids is 1. The van der Waals surface area contributed by atoms with Crippen LogP contribution >= 0.6 is 11.6 Å². The molecule has 0 radical (unpaired) electrons. The van der Waals surface area contributed by atoms with Crippen LogP contribution in [0.1, 0.15) is 15.9 Å². The SMILES string of the molecule is O=Cc1cc(Cl)ccc1-c1cnccc1C(F)(F)F. The number of nitrogens with zero attached hydrogens (tertiary/aromatic N) is 1. The fourth-order valence-electron chi connectivity index (χ4n) is 1.73. The predicted octanol–water partition coefficient (Wildman–Crippen LogP) is 4.23. The highest BCUT2D eigenvalue weighted by Gasteiger charge is 2.34. The van der Waals surface area contributed by atoms with Crippen molar-refractivity contribution < 1.29 is 18.0 Å².